The fourth-order valence-corrected chi connectivity index (χ4v) is 3.63. The topological polar surface area (TPSA) is 0 Å². The molecule has 2 rings (SSSR count). The molecule has 0 N–H and O–H groups in total. The fraction of sp³-hybridized carbons (Fsp3) is 1.00. The average molecular weight is 252 g/mol. The Morgan fingerprint density at radius 3 is 1.00 bits per heavy atom. The highest BCUT2D eigenvalue weighted by molar-refractivity contribution is 4.72. The zero-order chi connectivity index (χ0) is 13.7. The minimum absolute atomic E-state index is 0.980. The summed E-state index contributed by atoms with van der Waals surface area (Å²) in [6, 6.07) is 0. The summed E-state index contributed by atoms with van der Waals surface area (Å²) in [5.74, 6) is 5.93. The van der Waals surface area contributed by atoms with Gasteiger partial charge in [0.05, 0.1) is 0 Å². The van der Waals surface area contributed by atoms with Gasteiger partial charge in [-0.2, -0.15) is 0 Å². The monoisotopic (exact) mass is 252 g/mol. The highest BCUT2D eigenvalue weighted by Crippen LogP contribution is 2.33. The molecule has 0 radical (unpaired) electrons. The van der Waals surface area contributed by atoms with Crippen molar-refractivity contribution in [1.29, 1.82) is 0 Å². The first-order valence-corrected chi connectivity index (χ1v) is 8.40. The summed E-state index contributed by atoms with van der Waals surface area (Å²) in [5.41, 5.74) is 0. The third-order valence-electron chi connectivity index (χ3n) is 5.72. The van der Waals surface area contributed by atoms with E-state index in [0.717, 1.165) is 35.5 Å². The van der Waals surface area contributed by atoms with Gasteiger partial charge in [0.15, 0.2) is 0 Å². The highest BCUT2D eigenvalue weighted by atomic mass is 14.3. The summed E-state index contributed by atoms with van der Waals surface area (Å²) in [5, 5.41) is 0. The lowest BCUT2D eigenvalue weighted by Gasteiger charge is -2.29. The van der Waals surface area contributed by atoms with Crippen LogP contribution in [-0.4, -0.2) is 0 Å². The molecule has 108 valence electrons. The van der Waals surface area contributed by atoms with Gasteiger partial charge in [-0.25, -0.2) is 0 Å². The van der Waals surface area contributed by atoms with Gasteiger partial charge < -0.3 is 0 Å². The fourth-order valence-electron chi connectivity index (χ4n) is 3.63. The van der Waals surface area contributed by atoms with E-state index in [-0.39, 0.29) is 0 Å². The molecule has 0 nitrogen and oxygen atoms in total. The van der Waals surface area contributed by atoms with Crippen LogP contribution in [0.25, 0.3) is 0 Å². The van der Waals surface area contributed by atoms with E-state index < -0.39 is 0 Å². The first-order valence-electron chi connectivity index (χ1n) is 8.40. The van der Waals surface area contributed by atoms with Gasteiger partial charge in [-0.3, -0.25) is 0 Å². The van der Waals surface area contributed by atoms with E-state index in [4.69, 9.17) is 0 Å². The van der Waals surface area contributed by atoms with Crippen LogP contribution in [0.15, 0.2) is 0 Å². The van der Waals surface area contributed by atoms with E-state index >= 15 is 0 Å². The van der Waals surface area contributed by atoms with Crippen molar-refractivity contribution in [2.24, 2.45) is 35.5 Å². The normalized spacial score (nSPS) is 45.0. The Hall–Kier alpha value is 0. The van der Waals surface area contributed by atoms with Gasteiger partial charge in [-0.05, 0) is 48.3 Å². The van der Waals surface area contributed by atoms with E-state index in [1.807, 2.05) is 0 Å². The molecular formula is C18H36. The summed E-state index contributed by atoms with van der Waals surface area (Å²) in [7, 11) is 0. The molecule has 0 aromatic rings. The predicted molar refractivity (Wildman–Crippen MR) is 82.7 cm³/mol. The molecule has 18 heavy (non-hydrogen) atoms. The van der Waals surface area contributed by atoms with Crippen LogP contribution >= 0.6 is 0 Å². The number of hydrogen-bond donors (Lipinski definition) is 0. The van der Waals surface area contributed by atoms with Crippen LogP contribution < -0.4 is 0 Å². The quantitative estimate of drug-likeness (QED) is 0.484. The maximum Gasteiger partial charge on any atom is -0.0414 e. The lowest BCUT2D eigenvalue weighted by Crippen LogP contribution is -2.18. The smallest absolute Gasteiger partial charge is 0.0414 e. The Morgan fingerprint density at radius 2 is 0.778 bits per heavy atom. The van der Waals surface area contributed by atoms with Crippen LogP contribution in [0, 0.1) is 35.5 Å². The van der Waals surface area contributed by atoms with E-state index in [9.17, 15) is 0 Å². The molecular weight excluding hydrogens is 216 g/mol. The van der Waals surface area contributed by atoms with Crippen molar-refractivity contribution in [2.45, 2.75) is 80.1 Å². The SMILES string of the molecule is CC1CCC(C)C(C)C1.CC1CCC(C)C(C)C1. The Kier molecular flexibility index (Phi) is 6.74. The molecule has 2 fully saturated rings. The Labute approximate surface area is 116 Å². The first-order chi connectivity index (χ1) is 8.40. The van der Waals surface area contributed by atoms with Crippen molar-refractivity contribution in [1.82, 2.24) is 0 Å². The number of hydrogen-bond acceptors (Lipinski definition) is 0. The summed E-state index contributed by atoms with van der Waals surface area (Å²) in [6.07, 6.45) is 8.77. The second kappa shape index (κ2) is 7.56. The van der Waals surface area contributed by atoms with Gasteiger partial charge in [-0.1, -0.05) is 67.2 Å². The third kappa shape index (κ3) is 5.33. The van der Waals surface area contributed by atoms with Crippen LogP contribution in [0.2, 0.25) is 0 Å². The molecule has 0 aromatic carbocycles. The van der Waals surface area contributed by atoms with Crippen LogP contribution in [0.5, 0.6) is 0 Å². The summed E-state index contributed by atoms with van der Waals surface area (Å²) >= 11 is 0. The van der Waals surface area contributed by atoms with Gasteiger partial charge in [0.1, 0.15) is 0 Å². The molecule has 0 heteroatoms. The van der Waals surface area contributed by atoms with Crippen molar-refractivity contribution >= 4 is 0 Å². The highest BCUT2D eigenvalue weighted by Gasteiger charge is 2.21. The van der Waals surface area contributed by atoms with Crippen molar-refractivity contribution in [3.8, 4) is 0 Å². The second-order valence-electron chi connectivity index (χ2n) is 7.75. The Bertz CT molecular complexity index is 196. The van der Waals surface area contributed by atoms with Gasteiger partial charge in [0.25, 0.3) is 0 Å². The van der Waals surface area contributed by atoms with Gasteiger partial charge in [0.2, 0.25) is 0 Å². The Balaban J connectivity index is 0.000000180. The lowest BCUT2D eigenvalue weighted by molar-refractivity contribution is 0.220. The van der Waals surface area contributed by atoms with Crippen molar-refractivity contribution < 1.29 is 0 Å². The summed E-state index contributed by atoms with van der Waals surface area (Å²) in [6.45, 7) is 14.3. The number of rotatable bonds is 0. The molecule has 0 aliphatic heterocycles. The van der Waals surface area contributed by atoms with Crippen molar-refractivity contribution in [3.63, 3.8) is 0 Å². The van der Waals surface area contributed by atoms with Crippen molar-refractivity contribution in [3.05, 3.63) is 0 Å². The molecule has 6 atom stereocenters. The summed E-state index contributed by atoms with van der Waals surface area (Å²) < 4.78 is 0. The van der Waals surface area contributed by atoms with Gasteiger partial charge in [-0.15, -0.1) is 0 Å². The zero-order valence-corrected chi connectivity index (χ0v) is 13.7. The second-order valence-corrected chi connectivity index (χ2v) is 7.75. The molecule has 2 aliphatic carbocycles. The molecule has 0 bridgehead atoms. The van der Waals surface area contributed by atoms with Crippen LogP contribution in [0.1, 0.15) is 80.1 Å². The van der Waals surface area contributed by atoms with Gasteiger partial charge in [0, 0.05) is 0 Å². The minimum atomic E-state index is 0.980. The molecule has 0 heterocycles. The molecule has 2 saturated carbocycles. The lowest BCUT2D eigenvalue weighted by atomic mass is 9.77. The molecule has 0 saturated heterocycles. The molecule has 0 aromatic heterocycles. The van der Waals surface area contributed by atoms with E-state index in [1.165, 1.54) is 38.5 Å². The first kappa shape index (κ1) is 16.1. The van der Waals surface area contributed by atoms with Gasteiger partial charge >= 0.3 is 0 Å². The standard InChI is InChI=1S/2C9H18/c2*1-7-4-5-8(2)9(3)6-7/h2*7-9H,4-6H2,1-3H3. The third-order valence-corrected chi connectivity index (χ3v) is 5.72. The van der Waals surface area contributed by atoms with Crippen molar-refractivity contribution in [2.75, 3.05) is 0 Å². The minimum Gasteiger partial charge on any atom is -0.0625 e. The predicted octanol–water partition coefficient (Wildman–Crippen LogP) is 6.16. The maximum absolute atomic E-state index is 2.39. The molecule has 6 unspecified atom stereocenters. The van der Waals surface area contributed by atoms with E-state index in [1.54, 1.807) is 0 Å². The molecule has 0 spiro atoms. The molecule has 0 amide bonds. The summed E-state index contributed by atoms with van der Waals surface area (Å²) in [4.78, 5) is 0. The average Bonchev–Trinajstić information content (AvgIpc) is 2.30. The van der Waals surface area contributed by atoms with E-state index in [2.05, 4.69) is 41.5 Å². The maximum atomic E-state index is 2.39. The van der Waals surface area contributed by atoms with Crippen LogP contribution in [0.3, 0.4) is 0 Å². The largest absolute Gasteiger partial charge is 0.0625 e. The van der Waals surface area contributed by atoms with Crippen LogP contribution in [0.4, 0.5) is 0 Å². The van der Waals surface area contributed by atoms with Crippen LogP contribution in [-0.2, 0) is 0 Å². The molecule has 2 aliphatic rings. The Morgan fingerprint density at radius 1 is 0.444 bits per heavy atom. The van der Waals surface area contributed by atoms with E-state index in [0.29, 0.717) is 0 Å². The zero-order valence-electron chi connectivity index (χ0n) is 13.7.